The summed E-state index contributed by atoms with van der Waals surface area (Å²) in [6, 6.07) is 10.1. The Labute approximate surface area is 134 Å². The Hall–Kier alpha value is -2.16. The van der Waals surface area contributed by atoms with E-state index in [1.54, 1.807) is 11.3 Å². The Balaban J connectivity index is 2.15. The largest absolute Gasteiger partial charge is 0.358 e. The predicted octanol–water partition coefficient (Wildman–Crippen LogP) is 3.32. The van der Waals surface area contributed by atoms with Gasteiger partial charge >= 0.3 is 0 Å². The van der Waals surface area contributed by atoms with Crippen LogP contribution in [0.25, 0.3) is 21.0 Å². The van der Waals surface area contributed by atoms with E-state index in [0.29, 0.717) is 5.56 Å². The summed E-state index contributed by atoms with van der Waals surface area (Å²) in [5.41, 5.74) is 1.54. The summed E-state index contributed by atoms with van der Waals surface area (Å²) in [6.07, 6.45) is 0. The molecular weight excluding hydrogens is 292 g/mol. The van der Waals surface area contributed by atoms with E-state index in [1.807, 2.05) is 18.2 Å². The lowest BCUT2D eigenvalue weighted by Gasteiger charge is -2.22. The molecule has 0 aliphatic rings. The second kappa shape index (κ2) is 5.91. The molecule has 0 unspecified atom stereocenters. The SMILES string of the molecule is CN(C)CCN(C)c1nc2cc(C#N)ccc2c2sccc12. The average Bonchev–Trinajstić information content (AvgIpc) is 3.00. The summed E-state index contributed by atoms with van der Waals surface area (Å²) in [5.74, 6) is 0.987. The van der Waals surface area contributed by atoms with Crippen molar-refractivity contribution in [2.75, 3.05) is 39.1 Å². The zero-order chi connectivity index (χ0) is 15.7. The molecular formula is C17H18N4S. The number of nitrogens with zero attached hydrogens (tertiary/aromatic N) is 4. The van der Waals surface area contributed by atoms with E-state index in [0.717, 1.165) is 29.8 Å². The molecule has 0 amide bonds. The summed E-state index contributed by atoms with van der Waals surface area (Å²) >= 11 is 1.73. The van der Waals surface area contributed by atoms with E-state index in [9.17, 15) is 0 Å². The van der Waals surface area contributed by atoms with Gasteiger partial charge in [-0.3, -0.25) is 0 Å². The number of nitriles is 1. The van der Waals surface area contributed by atoms with Gasteiger partial charge in [0.05, 0.1) is 17.1 Å². The number of benzene rings is 1. The number of fused-ring (bicyclic) bond motifs is 3. The van der Waals surface area contributed by atoms with Gasteiger partial charge in [0.2, 0.25) is 0 Å². The first-order valence-electron chi connectivity index (χ1n) is 7.17. The van der Waals surface area contributed by atoms with Crippen LogP contribution in [0.2, 0.25) is 0 Å². The molecule has 2 aromatic heterocycles. The van der Waals surface area contributed by atoms with Crippen molar-refractivity contribution in [1.29, 1.82) is 5.26 Å². The summed E-state index contributed by atoms with van der Waals surface area (Å²) in [5, 5.41) is 13.5. The Morgan fingerprint density at radius 1 is 1.14 bits per heavy atom. The van der Waals surface area contributed by atoms with Crippen LogP contribution in [0, 0.1) is 11.3 Å². The van der Waals surface area contributed by atoms with Crippen LogP contribution in [-0.4, -0.2) is 44.1 Å². The molecule has 0 N–H and O–H groups in total. The van der Waals surface area contributed by atoms with Gasteiger partial charge < -0.3 is 9.80 Å². The number of rotatable bonds is 4. The summed E-state index contributed by atoms with van der Waals surface area (Å²) in [4.78, 5) is 9.18. The van der Waals surface area contributed by atoms with Crippen molar-refractivity contribution in [3.05, 3.63) is 35.2 Å². The molecule has 3 aromatic rings. The monoisotopic (exact) mass is 310 g/mol. The quantitative estimate of drug-likeness (QED) is 0.741. The lowest BCUT2D eigenvalue weighted by atomic mass is 10.1. The molecule has 3 rings (SSSR count). The van der Waals surface area contributed by atoms with Crippen LogP contribution in [0.15, 0.2) is 29.6 Å². The highest BCUT2D eigenvalue weighted by atomic mass is 32.1. The molecule has 0 radical (unpaired) electrons. The van der Waals surface area contributed by atoms with Crippen molar-refractivity contribution in [2.24, 2.45) is 0 Å². The van der Waals surface area contributed by atoms with Crippen LogP contribution in [-0.2, 0) is 0 Å². The number of aromatic nitrogens is 1. The molecule has 4 nitrogen and oxygen atoms in total. The number of hydrogen-bond acceptors (Lipinski definition) is 5. The normalized spacial score (nSPS) is 11.2. The van der Waals surface area contributed by atoms with Gasteiger partial charge in [0.15, 0.2) is 0 Å². The molecule has 0 saturated carbocycles. The maximum Gasteiger partial charge on any atom is 0.137 e. The van der Waals surface area contributed by atoms with Crippen LogP contribution in [0.5, 0.6) is 0 Å². The molecule has 0 spiro atoms. The molecule has 0 bridgehead atoms. The Morgan fingerprint density at radius 3 is 2.68 bits per heavy atom. The van der Waals surface area contributed by atoms with Gasteiger partial charge in [0.1, 0.15) is 5.82 Å². The smallest absolute Gasteiger partial charge is 0.137 e. The number of pyridine rings is 1. The van der Waals surface area contributed by atoms with Crippen molar-refractivity contribution < 1.29 is 0 Å². The van der Waals surface area contributed by atoms with Crippen LogP contribution in [0.4, 0.5) is 5.82 Å². The molecule has 5 heteroatoms. The Kier molecular flexibility index (Phi) is 3.97. The molecule has 2 heterocycles. The van der Waals surface area contributed by atoms with Crippen molar-refractivity contribution in [3.63, 3.8) is 0 Å². The van der Waals surface area contributed by atoms with Crippen molar-refractivity contribution in [1.82, 2.24) is 9.88 Å². The fourth-order valence-corrected chi connectivity index (χ4v) is 3.43. The third-order valence-electron chi connectivity index (χ3n) is 3.75. The fourth-order valence-electron chi connectivity index (χ4n) is 2.50. The Bertz CT molecular complexity index is 860. The molecule has 0 fully saturated rings. The summed E-state index contributed by atoms with van der Waals surface area (Å²) in [7, 11) is 6.21. The fraction of sp³-hybridized carbons (Fsp3) is 0.294. The minimum atomic E-state index is 0.651. The van der Waals surface area contributed by atoms with Gasteiger partial charge in [-0.05, 0) is 37.7 Å². The Morgan fingerprint density at radius 2 is 1.95 bits per heavy atom. The number of hydrogen-bond donors (Lipinski definition) is 0. The topological polar surface area (TPSA) is 43.2 Å². The van der Waals surface area contributed by atoms with E-state index in [4.69, 9.17) is 10.2 Å². The molecule has 0 atom stereocenters. The van der Waals surface area contributed by atoms with Gasteiger partial charge in [-0.25, -0.2) is 4.98 Å². The number of thiophene rings is 1. The molecule has 1 aromatic carbocycles. The highest BCUT2D eigenvalue weighted by Crippen LogP contribution is 2.34. The zero-order valence-electron chi connectivity index (χ0n) is 13.0. The van der Waals surface area contributed by atoms with Gasteiger partial charge in [-0.15, -0.1) is 11.3 Å². The maximum atomic E-state index is 9.10. The molecule has 0 aliphatic carbocycles. The first kappa shape index (κ1) is 14.8. The van der Waals surface area contributed by atoms with Gasteiger partial charge in [0, 0.05) is 35.6 Å². The van der Waals surface area contributed by atoms with Gasteiger partial charge in [-0.1, -0.05) is 6.07 Å². The molecule has 112 valence electrons. The van der Waals surface area contributed by atoms with E-state index in [2.05, 4.69) is 48.5 Å². The molecule has 22 heavy (non-hydrogen) atoms. The molecule has 0 aliphatic heterocycles. The van der Waals surface area contributed by atoms with Crippen molar-refractivity contribution >= 4 is 38.1 Å². The first-order chi connectivity index (χ1) is 10.6. The number of anilines is 1. The van der Waals surface area contributed by atoms with Gasteiger partial charge in [-0.2, -0.15) is 5.26 Å². The third-order valence-corrected chi connectivity index (χ3v) is 4.70. The van der Waals surface area contributed by atoms with Crippen LogP contribution in [0.1, 0.15) is 5.56 Å². The highest BCUT2D eigenvalue weighted by Gasteiger charge is 2.13. The zero-order valence-corrected chi connectivity index (χ0v) is 13.8. The van der Waals surface area contributed by atoms with E-state index in [1.165, 1.54) is 10.1 Å². The summed E-state index contributed by atoms with van der Waals surface area (Å²) < 4.78 is 1.24. The molecule has 0 saturated heterocycles. The van der Waals surface area contributed by atoms with Crippen molar-refractivity contribution in [3.8, 4) is 6.07 Å². The van der Waals surface area contributed by atoms with Gasteiger partial charge in [0.25, 0.3) is 0 Å². The highest BCUT2D eigenvalue weighted by molar-refractivity contribution is 7.18. The van der Waals surface area contributed by atoms with Crippen molar-refractivity contribution in [2.45, 2.75) is 0 Å². The lowest BCUT2D eigenvalue weighted by Crippen LogP contribution is -2.29. The second-order valence-corrected chi connectivity index (χ2v) is 6.58. The first-order valence-corrected chi connectivity index (χ1v) is 8.05. The third kappa shape index (κ3) is 2.63. The maximum absolute atomic E-state index is 9.10. The minimum absolute atomic E-state index is 0.651. The lowest BCUT2D eigenvalue weighted by molar-refractivity contribution is 0.416. The van der Waals surface area contributed by atoms with E-state index < -0.39 is 0 Å². The van der Waals surface area contributed by atoms with Crippen LogP contribution in [0.3, 0.4) is 0 Å². The summed E-state index contributed by atoms with van der Waals surface area (Å²) in [6.45, 7) is 1.88. The van der Waals surface area contributed by atoms with Crippen LogP contribution >= 0.6 is 11.3 Å². The minimum Gasteiger partial charge on any atom is -0.358 e. The van der Waals surface area contributed by atoms with E-state index in [-0.39, 0.29) is 0 Å². The second-order valence-electron chi connectivity index (χ2n) is 5.67. The van der Waals surface area contributed by atoms with Crippen LogP contribution < -0.4 is 4.90 Å². The number of likely N-dealkylation sites (N-methyl/N-ethyl adjacent to an activating group) is 2. The predicted molar refractivity (Wildman–Crippen MR) is 93.7 cm³/mol. The van der Waals surface area contributed by atoms with E-state index >= 15 is 0 Å². The average molecular weight is 310 g/mol. The standard InChI is InChI=1S/C17H18N4S/c1-20(2)7-8-21(3)17-14-6-9-22-16(14)13-5-4-12(11-18)10-15(13)19-17/h4-6,9-10H,7-8H2,1-3H3.